The molecule has 2 N–H and O–H groups in total. The van der Waals surface area contributed by atoms with E-state index in [2.05, 4.69) is 55.6 Å². The van der Waals surface area contributed by atoms with Gasteiger partial charge < -0.3 is 15.2 Å². The van der Waals surface area contributed by atoms with Crippen molar-refractivity contribution >= 4 is 0 Å². The lowest BCUT2D eigenvalue weighted by Gasteiger charge is -2.42. The number of ether oxygens (including phenoxy) is 1. The maximum Gasteiger partial charge on any atom is 0.131 e. The van der Waals surface area contributed by atoms with Crippen molar-refractivity contribution < 1.29 is 9.84 Å². The Hall–Kier alpha value is -1.84. The Balaban J connectivity index is 1.82. The average molecular weight is 325 g/mol. The molecule has 0 spiro atoms. The van der Waals surface area contributed by atoms with Crippen molar-refractivity contribution in [3.05, 3.63) is 64.7 Å². The van der Waals surface area contributed by atoms with Gasteiger partial charge in [0.05, 0.1) is 6.04 Å². The Morgan fingerprint density at radius 3 is 2.46 bits per heavy atom. The minimum atomic E-state index is -0.612. The van der Waals surface area contributed by atoms with Crippen LogP contribution >= 0.6 is 0 Å². The molecule has 0 saturated carbocycles. The Labute approximate surface area is 144 Å². The lowest BCUT2D eigenvalue weighted by atomic mass is 9.85. The van der Waals surface area contributed by atoms with Gasteiger partial charge >= 0.3 is 0 Å². The van der Waals surface area contributed by atoms with Gasteiger partial charge in [0.2, 0.25) is 0 Å². The van der Waals surface area contributed by atoms with Crippen LogP contribution in [0.5, 0.6) is 5.75 Å². The smallest absolute Gasteiger partial charge is 0.131 e. The Kier molecular flexibility index (Phi) is 4.66. The molecule has 0 radical (unpaired) electrons. The molecule has 3 heteroatoms. The first-order valence-electron chi connectivity index (χ1n) is 8.64. The monoisotopic (exact) mass is 325 g/mol. The zero-order valence-electron chi connectivity index (χ0n) is 15.0. The largest absolute Gasteiger partial charge is 0.485 e. The van der Waals surface area contributed by atoms with E-state index in [1.165, 1.54) is 16.7 Å². The number of rotatable bonds is 4. The maximum atomic E-state index is 10.8. The number of benzene rings is 2. The van der Waals surface area contributed by atoms with E-state index < -0.39 is 11.7 Å². The third-order valence-electron chi connectivity index (χ3n) is 4.98. The Morgan fingerprint density at radius 2 is 1.75 bits per heavy atom. The summed E-state index contributed by atoms with van der Waals surface area (Å²) in [6.45, 7) is 8.90. The first-order chi connectivity index (χ1) is 11.4. The number of aliphatic hydroxyl groups is 1. The van der Waals surface area contributed by atoms with Crippen LogP contribution in [0.2, 0.25) is 0 Å². The standard InChI is InChI=1S/C21H27NO2/c1-14-12-17-18(13-15(14)2)24-21(3,4)20(23)19(17)22-11-10-16-8-6-5-7-9-16/h5-9,12-13,19-20,22-23H,10-11H2,1-4H3/t19-,20+/m0/s1. The van der Waals surface area contributed by atoms with Gasteiger partial charge in [-0.3, -0.25) is 0 Å². The van der Waals surface area contributed by atoms with Gasteiger partial charge in [-0.15, -0.1) is 0 Å². The molecule has 1 heterocycles. The summed E-state index contributed by atoms with van der Waals surface area (Å²) in [7, 11) is 0. The summed E-state index contributed by atoms with van der Waals surface area (Å²) in [4.78, 5) is 0. The molecule has 2 aromatic rings. The van der Waals surface area contributed by atoms with E-state index in [9.17, 15) is 5.11 Å². The van der Waals surface area contributed by atoms with Crippen molar-refractivity contribution in [2.45, 2.75) is 51.9 Å². The summed E-state index contributed by atoms with van der Waals surface area (Å²) in [6, 6.07) is 14.5. The van der Waals surface area contributed by atoms with Crippen LogP contribution in [0, 0.1) is 13.8 Å². The van der Waals surface area contributed by atoms with Gasteiger partial charge in [0.25, 0.3) is 0 Å². The van der Waals surface area contributed by atoms with E-state index in [1.54, 1.807) is 0 Å². The van der Waals surface area contributed by atoms with Crippen LogP contribution in [0.3, 0.4) is 0 Å². The number of hydrogen-bond donors (Lipinski definition) is 2. The molecular formula is C21H27NO2. The third kappa shape index (κ3) is 3.33. The highest BCUT2D eigenvalue weighted by Crippen LogP contribution is 2.41. The van der Waals surface area contributed by atoms with E-state index in [0.717, 1.165) is 24.3 Å². The minimum absolute atomic E-state index is 0.119. The molecule has 0 unspecified atom stereocenters. The molecule has 0 amide bonds. The normalized spacial score (nSPS) is 21.9. The van der Waals surface area contributed by atoms with Gasteiger partial charge in [-0.2, -0.15) is 0 Å². The van der Waals surface area contributed by atoms with Crippen LogP contribution in [-0.4, -0.2) is 23.4 Å². The fourth-order valence-corrected chi connectivity index (χ4v) is 3.30. The topological polar surface area (TPSA) is 41.5 Å². The van der Waals surface area contributed by atoms with Gasteiger partial charge in [-0.25, -0.2) is 0 Å². The van der Waals surface area contributed by atoms with E-state index in [1.807, 2.05) is 19.9 Å². The molecule has 2 atom stereocenters. The van der Waals surface area contributed by atoms with Crippen LogP contribution in [0.4, 0.5) is 0 Å². The van der Waals surface area contributed by atoms with Crippen molar-refractivity contribution in [1.82, 2.24) is 5.32 Å². The lowest BCUT2D eigenvalue weighted by molar-refractivity contribution is -0.0644. The number of fused-ring (bicyclic) bond motifs is 1. The molecule has 128 valence electrons. The van der Waals surface area contributed by atoms with E-state index in [-0.39, 0.29) is 6.04 Å². The molecule has 0 aromatic heterocycles. The Bertz CT molecular complexity index is 709. The van der Waals surface area contributed by atoms with E-state index >= 15 is 0 Å². The summed E-state index contributed by atoms with van der Waals surface area (Å²) in [5, 5.41) is 14.4. The molecule has 0 aliphatic carbocycles. The summed E-state index contributed by atoms with van der Waals surface area (Å²) in [5.41, 5.74) is 4.17. The fourth-order valence-electron chi connectivity index (χ4n) is 3.30. The summed E-state index contributed by atoms with van der Waals surface area (Å²) >= 11 is 0. The summed E-state index contributed by atoms with van der Waals surface area (Å²) < 4.78 is 6.07. The maximum absolute atomic E-state index is 10.8. The van der Waals surface area contributed by atoms with Crippen LogP contribution in [-0.2, 0) is 6.42 Å². The van der Waals surface area contributed by atoms with Gasteiger partial charge in [-0.1, -0.05) is 36.4 Å². The zero-order chi connectivity index (χ0) is 17.3. The highest BCUT2D eigenvalue weighted by Gasteiger charge is 2.42. The van der Waals surface area contributed by atoms with Gasteiger partial charge in [0, 0.05) is 5.56 Å². The first-order valence-corrected chi connectivity index (χ1v) is 8.64. The SMILES string of the molecule is Cc1cc2c(cc1C)[C@H](NCCc1ccccc1)[C@@H](O)C(C)(C)O2. The highest BCUT2D eigenvalue weighted by molar-refractivity contribution is 5.46. The third-order valence-corrected chi connectivity index (χ3v) is 4.98. The fraction of sp³-hybridized carbons (Fsp3) is 0.429. The first kappa shape index (κ1) is 17.0. The van der Waals surface area contributed by atoms with Crippen molar-refractivity contribution in [3.8, 4) is 5.75 Å². The van der Waals surface area contributed by atoms with Crippen LogP contribution in [0.25, 0.3) is 0 Å². The molecule has 0 fully saturated rings. The predicted octanol–water partition coefficient (Wildman–Crippen LogP) is 3.71. The predicted molar refractivity (Wildman–Crippen MR) is 97.5 cm³/mol. The van der Waals surface area contributed by atoms with Crippen LogP contribution < -0.4 is 10.1 Å². The van der Waals surface area contributed by atoms with Crippen LogP contribution in [0.1, 0.15) is 42.1 Å². The summed E-state index contributed by atoms with van der Waals surface area (Å²) in [6.07, 6.45) is 0.341. The zero-order valence-corrected chi connectivity index (χ0v) is 15.0. The molecule has 1 aliphatic rings. The quantitative estimate of drug-likeness (QED) is 0.900. The number of aliphatic hydroxyl groups excluding tert-OH is 1. The molecular weight excluding hydrogens is 298 g/mol. The lowest BCUT2D eigenvalue weighted by Crippen LogP contribution is -2.52. The number of hydrogen-bond acceptors (Lipinski definition) is 3. The van der Waals surface area contributed by atoms with Gasteiger partial charge in [0.1, 0.15) is 17.5 Å². The molecule has 2 aromatic carbocycles. The highest BCUT2D eigenvalue weighted by atomic mass is 16.5. The second-order valence-corrected chi connectivity index (χ2v) is 7.29. The number of aryl methyl sites for hydroxylation is 2. The molecule has 24 heavy (non-hydrogen) atoms. The van der Waals surface area contributed by atoms with Crippen molar-refractivity contribution in [2.75, 3.05) is 6.54 Å². The molecule has 0 bridgehead atoms. The van der Waals surface area contributed by atoms with Crippen molar-refractivity contribution in [1.29, 1.82) is 0 Å². The molecule has 3 nitrogen and oxygen atoms in total. The Morgan fingerprint density at radius 1 is 1.08 bits per heavy atom. The van der Waals surface area contributed by atoms with Crippen molar-refractivity contribution in [3.63, 3.8) is 0 Å². The second-order valence-electron chi connectivity index (χ2n) is 7.29. The molecule has 1 aliphatic heterocycles. The summed E-state index contributed by atoms with van der Waals surface area (Å²) in [5.74, 6) is 0.880. The minimum Gasteiger partial charge on any atom is -0.485 e. The molecule has 0 saturated heterocycles. The van der Waals surface area contributed by atoms with Gasteiger partial charge in [-0.05, 0) is 63.4 Å². The van der Waals surface area contributed by atoms with Crippen molar-refractivity contribution in [2.24, 2.45) is 0 Å². The van der Waals surface area contributed by atoms with E-state index in [0.29, 0.717) is 0 Å². The van der Waals surface area contributed by atoms with E-state index in [4.69, 9.17) is 4.74 Å². The average Bonchev–Trinajstić information content (AvgIpc) is 2.54. The number of nitrogens with one attached hydrogen (secondary N) is 1. The molecule has 3 rings (SSSR count). The second kappa shape index (κ2) is 6.58. The van der Waals surface area contributed by atoms with Gasteiger partial charge in [0.15, 0.2) is 0 Å². The van der Waals surface area contributed by atoms with Crippen LogP contribution in [0.15, 0.2) is 42.5 Å².